The first kappa shape index (κ1) is 15.4. The molecular formula is C18H20N2O3. The van der Waals surface area contributed by atoms with Crippen LogP contribution in [-0.4, -0.2) is 25.8 Å². The lowest BCUT2D eigenvalue weighted by molar-refractivity contribution is 0.100. The minimum Gasteiger partial charge on any atom is -0.497 e. The molecule has 1 aliphatic rings. The Morgan fingerprint density at radius 2 is 2.00 bits per heavy atom. The molecular weight excluding hydrogens is 292 g/mol. The molecule has 0 spiro atoms. The molecule has 3 rings (SSSR count). The number of rotatable bonds is 4. The number of methoxy groups -OCH3 is 1. The van der Waals surface area contributed by atoms with Crippen molar-refractivity contribution in [3.8, 4) is 5.75 Å². The molecule has 1 saturated heterocycles. The van der Waals surface area contributed by atoms with Crippen LogP contribution in [-0.2, 0) is 4.74 Å². The molecule has 5 nitrogen and oxygen atoms in total. The Labute approximate surface area is 135 Å². The van der Waals surface area contributed by atoms with Gasteiger partial charge >= 0.3 is 6.03 Å². The number of anilines is 1. The zero-order valence-corrected chi connectivity index (χ0v) is 13.0. The second-order valence-electron chi connectivity index (χ2n) is 5.43. The molecule has 2 N–H and O–H groups in total. The second-order valence-corrected chi connectivity index (χ2v) is 5.43. The maximum Gasteiger partial charge on any atom is 0.319 e. The van der Waals surface area contributed by atoms with Gasteiger partial charge in [-0.1, -0.05) is 36.4 Å². The van der Waals surface area contributed by atoms with Crippen molar-refractivity contribution in [2.24, 2.45) is 0 Å². The van der Waals surface area contributed by atoms with Gasteiger partial charge < -0.3 is 20.1 Å². The van der Waals surface area contributed by atoms with Crippen LogP contribution in [0.25, 0.3) is 0 Å². The molecule has 0 saturated carbocycles. The largest absolute Gasteiger partial charge is 0.497 e. The molecule has 0 bridgehead atoms. The zero-order valence-electron chi connectivity index (χ0n) is 13.0. The summed E-state index contributed by atoms with van der Waals surface area (Å²) < 4.78 is 10.9. The van der Waals surface area contributed by atoms with Crippen LogP contribution in [0.4, 0.5) is 10.5 Å². The van der Waals surface area contributed by atoms with Crippen molar-refractivity contribution in [3.05, 3.63) is 60.2 Å². The van der Waals surface area contributed by atoms with Crippen LogP contribution in [0, 0.1) is 0 Å². The van der Waals surface area contributed by atoms with E-state index in [1.165, 1.54) is 0 Å². The van der Waals surface area contributed by atoms with Gasteiger partial charge in [-0.15, -0.1) is 0 Å². The fourth-order valence-corrected chi connectivity index (χ4v) is 2.74. The number of ether oxygens (including phenoxy) is 2. The van der Waals surface area contributed by atoms with E-state index in [9.17, 15) is 4.79 Å². The third-order valence-electron chi connectivity index (χ3n) is 3.86. The van der Waals surface area contributed by atoms with Gasteiger partial charge in [-0.3, -0.25) is 0 Å². The molecule has 0 aliphatic carbocycles. The molecule has 1 aliphatic heterocycles. The molecule has 2 amide bonds. The van der Waals surface area contributed by atoms with Crippen molar-refractivity contribution in [2.75, 3.05) is 19.0 Å². The molecule has 120 valence electrons. The minimum atomic E-state index is -0.241. The third-order valence-corrected chi connectivity index (χ3v) is 3.86. The van der Waals surface area contributed by atoms with Crippen molar-refractivity contribution in [2.45, 2.75) is 18.6 Å². The van der Waals surface area contributed by atoms with Crippen LogP contribution >= 0.6 is 0 Å². The molecule has 2 atom stereocenters. The Bertz CT molecular complexity index is 660. The number of urea groups is 1. The number of amides is 2. The van der Waals surface area contributed by atoms with Crippen LogP contribution < -0.4 is 15.4 Å². The van der Waals surface area contributed by atoms with E-state index < -0.39 is 0 Å². The lowest BCUT2D eigenvalue weighted by atomic mass is 10.0. The van der Waals surface area contributed by atoms with Crippen LogP contribution in [0.3, 0.4) is 0 Å². The van der Waals surface area contributed by atoms with E-state index in [4.69, 9.17) is 9.47 Å². The van der Waals surface area contributed by atoms with Gasteiger partial charge in [-0.25, -0.2) is 4.79 Å². The fourth-order valence-electron chi connectivity index (χ4n) is 2.74. The average Bonchev–Trinajstić information content (AvgIpc) is 3.03. The molecule has 1 fully saturated rings. The van der Waals surface area contributed by atoms with E-state index in [2.05, 4.69) is 10.6 Å². The lowest BCUT2D eigenvalue weighted by Crippen LogP contribution is -2.39. The summed E-state index contributed by atoms with van der Waals surface area (Å²) in [5, 5.41) is 5.83. The smallest absolute Gasteiger partial charge is 0.319 e. The molecule has 2 aromatic carbocycles. The van der Waals surface area contributed by atoms with Gasteiger partial charge in [0, 0.05) is 18.4 Å². The predicted octanol–water partition coefficient (Wildman–Crippen LogP) is 3.35. The highest BCUT2D eigenvalue weighted by Gasteiger charge is 2.30. The summed E-state index contributed by atoms with van der Waals surface area (Å²) in [6.45, 7) is 0.643. The number of hydrogen-bond acceptors (Lipinski definition) is 3. The Kier molecular flexibility index (Phi) is 4.78. The zero-order chi connectivity index (χ0) is 16.1. The van der Waals surface area contributed by atoms with Crippen molar-refractivity contribution in [1.29, 1.82) is 0 Å². The van der Waals surface area contributed by atoms with E-state index >= 15 is 0 Å². The van der Waals surface area contributed by atoms with Crippen LogP contribution in [0.15, 0.2) is 54.6 Å². The predicted molar refractivity (Wildman–Crippen MR) is 88.7 cm³/mol. The molecule has 0 unspecified atom stereocenters. The molecule has 0 aromatic heterocycles. The highest BCUT2D eigenvalue weighted by atomic mass is 16.5. The molecule has 23 heavy (non-hydrogen) atoms. The Hall–Kier alpha value is -2.53. The van der Waals surface area contributed by atoms with Crippen molar-refractivity contribution >= 4 is 11.7 Å². The SMILES string of the molecule is COc1cccc(NC(=O)N[C@H]2CCO[C@H]2c2ccccc2)c1. The summed E-state index contributed by atoms with van der Waals surface area (Å²) >= 11 is 0. The summed E-state index contributed by atoms with van der Waals surface area (Å²) in [7, 11) is 1.60. The van der Waals surface area contributed by atoms with Gasteiger partial charge in [-0.2, -0.15) is 0 Å². The van der Waals surface area contributed by atoms with Crippen molar-refractivity contribution in [3.63, 3.8) is 0 Å². The van der Waals surface area contributed by atoms with Crippen LogP contribution in [0.1, 0.15) is 18.1 Å². The molecule has 0 radical (unpaired) electrons. The van der Waals surface area contributed by atoms with Gasteiger partial charge in [0.1, 0.15) is 11.9 Å². The summed E-state index contributed by atoms with van der Waals surface area (Å²) in [5.74, 6) is 0.703. The maximum atomic E-state index is 12.2. The average molecular weight is 312 g/mol. The van der Waals surface area contributed by atoms with Crippen molar-refractivity contribution in [1.82, 2.24) is 5.32 Å². The van der Waals surface area contributed by atoms with Crippen LogP contribution in [0.2, 0.25) is 0 Å². The second kappa shape index (κ2) is 7.15. The normalized spacial score (nSPS) is 20.0. The first-order chi connectivity index (χ1) is 11.3. The topological polar surface area (TPSA) is 59.6 Å². The van der Waals surface area contributed by atoms with Crippen LogP contribution in [0.5, 0.6) is 5.75 Å². The van der Waals surface area contributed by atoms with E-state index in [0.717, 1.165) is 12.0 Å². The summed E-state index contributed by atoms with van der Waals surface area (Å²) in [6, 6.07) is 16.9. The lowest BCUT2D eigenvalue weighted by Gasteiger charge is -2.20. The summed E-state index contributed by atoms with van der Waals surface area (Å²) in [5.41, 5.74) is 1.77. The third kappa shape index (κ3) is 3.81. The van der Waals surface area contributed by atoms with Gasteiger partial charge in [0.25, 0.3) is 0 Å². The number of carbonyl (C=O) groups is 1. The quantitative estimate of drug-likeness (QED) is 0.910. The summed E-state index contributed by atoms with van der Waals surface area (Å²) in [6.07, 6.45) is 0.692. The van der Waals surface area contributed by atoms with E-state index in [1.54, 1.807) is 13.2 Å². The number of nitrogens with one attached hydrogen (secondary N) is 2. The molecule has 1 heterocycles. The Morgan fingerprint density at radius 3 is 2.78 bits per heavy atom. The number of benzene rings is 2. The standard InChI is InChI=1S/C18H20N2O3/c1-22-15-9-5-8-14(12-15)19-18(21)20-16-10-11-23-17(16)13-6-3-2-4-7-13/h2-9,12,16-17H,10-11H2,1H3,(H2,19,20,21)/t16-,17-/m0/s1. The summed E-state index contributed by atoms with van der Waals surface area (Å²) in [4.78, 5) is 12.2. The highest BCUT2D eigenvalue weighted by molar-refractivity contribution is 5.89. The monoisotopic (exact) mass is 312 g/mol. The Balaban J connectivity index is 1.62. The maximum absolute atomic E-state index is 12.2. The fraction of sp³-hybridized carbons (Fsp3) is 0.278. The van der Waals surface area contributed by atoms with Gasteiger partial charge in [-0.05, 0) is 24.1 Å². The van der Waals surface area contributed by atoms with E-state index in [-0.39, 0.29) is 18.2 Å². The number of hydrogen-bond donors (Lipinski definition) is 2. The van der Waals surface area contributed by atoms with Crippen molar-refractivity contribution < 1.29 is 14.3 Å². The molecule has 2 aromatic rings. The highest BCUT2D eigenvalue weighted by Crippen LogP contribution is 2.29. The van der Waals surface area contributed by atoms with Gasteiger partial charge in [0.05, 0.1) is 13.2 Å². The molecule has 5 heteroatoms. The van der Waals surface area contributed by atoms with E-state index in [1.807, 2.05) is 48.5 Å². The first-order valence-electron chi connectivity index (χ1n) is 7.64. The van der Waals surface area contributed by atoms with Gasteiger partial charge in [0.15, 0.2) is 0 Å². The Morgan fingerprint density at radius 1 is 1.17 bits per heavy atom. The minimum absolute atomic E-state index is 0.0389. The van der Waals surface area contributed by atoms with Gasteiger partial charge in [0.2, 0.25) is 0 Å². The number of carbonyl (C=O) groups excluding carboxylic acids is 1. The first-order valence-corrected chi connectivity index (χ1v) is 7.64. The van der Waals surface area contributed by atoms with E-state index in [0.29, 0.717) is 18.0 Å².